The summed E-state index contributed by atoms with van der Waals surface area (Å²) < 4.78 is 28.1. The molecule has 7 nitrogen and oxygen atoms in total. The van der Waals surface area contributed by atoms with Crippen LogP contribution in [0.5, 0.6) is 0 Å². The van der Waals surface area contributed by atoms with Crippen molar-refractivity contribution < 1.29 is 12.9 Å². The standard InChI is InChI=1S/C12H16N4O3S/c1-8-15-11(19-16-8)6-7-14-9-4-3-5-10(12(9)13)20(2,17)18/h3-5,14H,6-7,13H2,1-2H3. The van der Waals surface area contributed by atoms with E-state index in [4.69, 9.17) is 10.3 Å². The fourth-order valence-electron chi connectivity index (χ4n) is 1.77. The van der Waals surface area contributed by atoms with Gasteiger partial charge in [0, 0.05) is 19.2 Å². The van der Waals surface area contributed by atoms with Crippen LogP contribution >= 0.6 is 0 Å². The molecular weight excluding hydrogens is 280 g/mol. The highest BCUT2D eigenvalue weighted by atomic mass is 32.2. The molecule has 0 unspecified atom stereocenters. The molecule has 0 saturated carbocycles. The Morgan fingerprint density at radius 3 is 2.75 bits per heavy atom. The topological polar surface area (TPSA) is 111 Å². The van der Waals surface area contributed by atoms with Crippen LogP contribution in [-0.2, 0) is 16.3 Å². The van der Waals surface area contributed by atoms with Crippen LogP contribution < -0.4 is 11.1 Å². The SMILES string of the molecule is Cc1noc(CCNc2cccc(S(C)(=O)=O)c2N)n1. The van der Waals surface area contributed by atoms with Crippen molar-refractivity contribution >= 4 is 21.2 Å². The molecule has 0 amide bonds. The van der Waals surface area contributed by atoms with Crippen LogP contribution in [0.4, 0.5) is 11.4 Å². The number of nitrogens with zero attached hydrogens (tertiary/aromatic N) is 2. The zero-order valence-electron chi connectivity index (χ0n) is 11.3. The van der Waals surface area contributed by atoms with Crippen LogP contribution in [0.1, 0.15) is 11.7 Å². The minimum atomic E-state index is -3.34. The van der Waals surface area contributed by atoms with Gasteiger partial charge in [-0.05, 0) is 19.1 Å². The average Bonchev–Trinajstić information content (AvgIpc) is 2.76. The molecule has 0 bridgehead atoms. The van der Waals surface area contributed by atoms with Gasteiger partial charge in [-0.3, -0.25) is 0 Å². The molecule has 20 heavy (non-hydrogen) atoms. The number of hydrogen-bond acceptors (Lipinski definition) is 7. The second-order valence-corrected chi connectivity index (χ2v) is 6.39. The maximum atomic E-state index is 11.6. The lowest BCUT2D eigenvalue weighted by Gasteiger charge is -2.11. The third kappa shape index (κ3) is 3.27. The van der Waals surface area contributed by atoms with Gasteiger partial charge in [0.2, 0.25) is 5.89 Å². The van der Waals surface area contributed by atoms with Crippen molar-refractivity contribution in [3.05, 3.63) is 29.9 Å². The Kier molecular flexibility index (Phi) is 3.93. The summed E-state index contributed by atoms with van der Waals surface area (Å²) in [6.07, 6.45) is 1.66. The molecule has 0 aliphatic carbocycles. The highest BCUT2D eigenvalue weighted by Crippen LogP contribution is 2.26. The van der Waals surface area contributed by atoms with Crippen molar-refractivity contribution in [1.29, 1.82) is 0 Å². The van der Waals surface area contributed by atoms with Gasteiger partial charge in [0.25, 0.3) is 0 Å². The quantitative estimate of drug-likeness (QED) is 0.792. The Bertz CT molecular complexity index is 709. The fraction of sp³-hybridized carbons (Fsp3) is 0.333. The number of rotatable bonds is 5. The van der Waals surface area contributed by atoms with E-state index in [-0.39, 0.29) is 10.6 Å². The first-order valence-electron chi connectivity index (χ1n) is 5.99. The first-order valence-corrected chi connectivity index (χ1v) is 7.88. The van der Waals surface area contributed by atoms with E-state index in [1.165, 1.54) is 6.07 Å². The van der Waals surface area contributed by atoms with E-state index in [9.17, 15) is 8.42 Å². The minimum absolute atomic E-state index is 0.121. The molecule has 3 N–H and O–H groups in total. The highest BCUT2D eigenvalue weighted by Gasteiger charge is 2.14. The van der Waals surface area contributed by atoms with E-state index in [0.717, 1.165) is 6.26 Å². The molecule has 2 aromatic rings. The minimum Gasteiger partial charge on any atom is -0.396 e. The Morgan fingerprint density at radius 1 is 1.40 bits per heavy atom. The number of aromatic nitrogens is 2. The van der Waals surface area contributed by atoms with E-state index in [2.05, 4.69) is 15.5 Å². The molecule has 0 aliphatic heterocycles. The lowest BCUT2D eigenvalue weighted by Crippen LogP contribution is -2.10. The fourth-order valence-corrected chi connectivity index (χ4v) is 2.60. The van der Waals surface area contributed by atoms with Gasteiger partial charge in [-0.2, -0.15) is 4.98 Å². The molecule has 1 aromatic carbocycles. The van der Waals surface area contributed by atoms with Gasteiger partial charge >= 0.3 is 0 Å². The van der Waals surface area contributed by atoms with E-state index in [1.54, 1.807) is 19.1 Å². The summed E-state index contributed by atoms with van der Waals surface area (Å²) in [7, 11) is -3.34. The number of aryl methyl sites for hydroxylation is 1. The Morgan fingerprint density at radius 2 is 2.15 bits per heavy atom. The van der Waals surface area contributed by atoms with Crippen molar-refractivity contribution in [3.8, 4) is 0 Å². The lowest BCUT2D eigenvalue weighted by atomic mass is 10.2. The molecule has 8 heteroatoms. The van der Waals surface area contributed by atoms with Gasteiger partial charge in [-0.15, -0.1) is 0 Å². The Balaban J connectivity index is 2.07. The van der Waals surface area contributed by atoms with Gasteiger partial charge in [0.05, 0.1) is 16.3 Å². The molecular formula is C12H16N4O3S. The Labute approximate surface area is 117 Å². The second-order valence-electron chi connectivity index (χ2n) is 4.40. The van der Waals surface area contributed by atoms with Gasteiger partial charge in [-0.1, -0.05) is 11.2 Å². The number of para-hydroxylation sites is 1. The van der Waals surface area contributed by atoms with Crippen molar-refractivity contribution in [1.82, 2.24) is 10.1 Å². The van der Waals surface area contributed by atoms with Gasteiger partial charge in [-0.25, -0.2) is 8.42 Å². The predicted molar refractivity (Wildman–Crippen MR) is 75.2 cm³/mol. The summed E-state index contributed by atoms with van der Waals surface area (Å²) in [5.41, 5.74) is 6.65. The van der Waals surface area contributed by atoms with Crippen molar-refractivity contribution in [2.75, 3.05) is 23.9 Å². The summed E-state index contributed by atoms with van der Waals surface area (Å²) in [4.78, 5) is 4.20. The van der Waals surface area contributed by atoms with Gasteiger partial charge in [0.15, 0.2) is 15.7 Å². The Hall–Kier alpha value is -2.09. The predicted octanol–water partition coefficient (Wildman–Crippen LogP) is 1.02. The number of benzene rings is 1. The molecule has 0 fully saturated rings. The number of sulfone groups is 1. The molecule has 108 valence electrons. The molecule has 1 aromatic heterocycles. The first kappa shape index (κ1) is 14.3. The summed E-state index contributed by atoms with van der Waals surface area (Å²) in [5.74, 6) is 1.10. The van der Waals surface area contributed by atoms with Crippen LogP contribution in [0.15, 0.2) is 27.6 Å². The smallest absolute Gasteiger partial charge is 0.228 e. The number of hydrogen-bond donors (Lipinski definition) is 2. The normalized spacial score (nSPS) is 11.5. The van der Waals surface area contributed by atoms with Crippen LogP contribution in [0.3, 0.4) is 0 Å². The zero-order chi connectivity index (χ0) is 14.8. The third-order valence-electron chi connectivity index (χ3n) is 2.69. The van der Waals surface area contributed by atoms with Gasteiger partial charge < -0.3 is 15.6 Å². The van der Waals surface area contributed by atoms with Crippen LogP contribution in [0.2, 0.25) is 0 Å². The first-order chi connectivity index (χ1) is 9.38. The zero-order valence-corrected chi connectivity index (χ0v) is 12.1. The number of nitrogen functional groups attached to an aromatic ring is 1. The van der Waals surface area contributed by atoms with Crippen molar-refractivity contribution in [2.24, 2.45) is 0 Å². The van der Waals surface area contributed by atoms with Gasteiger partial charge in [0.1, 0.15) is 0 Å². The number of anilines is 2. The maximum absolute atomic E-state index is 11.6. The maximum Gasteiger partial charge on any atom is 0.228 e. The monoisotopic (exact) mass is 296 g/mol. The van der Waals surface area contributed by atoms with E-state index in [0.29, 0.717) is 30.4 Å². The van der Waals surface area contributed by atoms with E-state index in [1.807, 2.05) is 0 Å². The number of nitrogens with one attached hydrogen (secondary N) is 1. The van der Waals surface area contributed by atoms with Crippen LogP contribution in [0.25, 0.3) is 0 Å². The molecule has 2 rings (SSSR count). The molecule has 0 spiro atoms. The third-order valence-corrected chi connectivity index (χ3v) is 3.84. The summed E-state index contributed by atoms with van der Waals surface area (Å²) in [5, 5.41) is 6.75. The number of nitrogens with two attached hydrogens (primary N) is 1. The lowest BCUT2D eigenvalue weighted by molar-refractivity contribution is 0.377. The largest absolute Gasteiger partial charge is 0.396 e. The molecule has 0 saturated heterocycles. The van der Waals surface area contributed by atoms with E-state index < -0.39 is 9.84 Å². The average molecular weight is 296 g/mol. The van der Waals surface area contributed by atoms with Crippen LogP contribution in [-0.4, -0.2) is 31.4 Å². The molecule has 0 aliphatic rings. The van der Waals surface area contributed by atoms with E-state index >= 15 is 0 Å². The summed E-state index contributed by atoms with van der Waals surface area (Å²) >= 11 is 0. The van der Waals surface area contributed by atoms with Crippen molar-refractivity contribution in [3.63, 3.8) is 0 Å². The summed E-state index contributed by atoms with van der Waals surface area (Å²) in [6.45, 7) is 2.26. The summed E-state index contributed by atoms with van der Waals surface area (Å²) in [6, 6.07) is 4.85. The van der Waals surface area contributed by atoms with Crippen molar-refractivity contribution in [2.45, 2.75) is 18.2 Å². The molecule has 0 radical (unpaired) electrons. The molecule has 1 heterocycles. The van der Waals surface area contributed by atoms with Crippen LogP contribution in [0, 0.1) is 6.92 Å². The molecule has 0 atom stereocenters. The second kappa shape index (κ2) is 5.49. The highest BCUT2D eigenvalue weighted by molar-refractivity contribution is 7.90.